The van der Waals surface area contributed by atoms with Crippen molar-refractivity contribution < 1.29 is 14.6 Å². The van der Waals surface area contributed by atoms with Crippen molar-refractivity contribution in [3.05, 3.63) is 0 Å². The molecule has 3 atom stereocenters. The van der Waals surface area contributed by atoms with Crippen LogP contribution in [-0.2, 0) is 9.53 Å². The number of nitrogens with zero attached hydrogens (tertiary/aromatic N) is 1. The molecule has 0 radical (unpaired) electrons. The quantitative estimate of drug-likeness (QED) is 0.613. The number of aliphatic hydroxyl groups excluding tert-OH is 1. The molecule has 4 nitrogen and oxygen atoms in total. The van der Waals surface area contributed by atoms with Gasteiger partial charge >= 0.3 is 0 Å². The third-order valence-electron chi connectivity index (χ3n) is 2.71. The molecule has 2 unspecified atom stereocenters. The molecule has 2 aliphatic rings. The van der Waals surface area contributed by atoms with Crippen LogP contribution in [0.1, 0.15) is 19.8 Å². The van der Waals surface area contributed by atoms with Gasteiger partial charge in [0.2, 0.25) is 0 Å². The number of ether oxygens (including phenoxy) is 1. The molecule has 1 N–H and O–H groups in total. The van der Waals surface area contributed by atoms with Crippen molar-refractivity contribution in [1.29, 1.82) is 0 Å². The molecule has 74 valence electrons. The molecule has 0 saturated carbocycles. The van der Waals surface area contributed by atoms with Crippen LogP contribution in [-0.4, -0.2) is 47.3 Å². The maximum atomic E-state index is 11.4. The first kappa shape index (κ1) is 8.97. The monoisotopic (exact) mass is 185 g/mol. The number of hydrogen-bond donors (Lipinski definition) is 1. The van der Waals surface area contributed by atoms with Crippen molar-refractivity contribution in [2.24, 2.45) is 0 Å². The summed E-state index contributed by atoms with van der Waals surface area (Å²) in [6.07, 6.45) is 1.64. The van der Waals surface area contributed by atoms with Crippen LogP contribution in [0, 0.1) is 0 Å². The number of rotatable bonds is 1. The van der Waals surface area contributed by atoms with E-state index in [-0.39, 0.29) is 18.1 Å². The zero-order valence-corrected chi connectivity index (χ0v) is 7.77. The molecule has 0 aromatic carbocycles. The molecule has 2 aliphatic heterocycles. The molecule has 2 bridgehead atoms. The zero-order valence-electron chi connectivity index (χ0n) is 7.77. The highest BCUT2D eigenvalue weighted by Gasteiger charge is 2.36. The molecule has 2 fully saturated rings. The molecule has 0 aliphatic carbocycles. The Kier molecular flexibility index (Phi) is 2.26. The maximum Gasteiger partial charge on any atom is 0.251 e. The van der Waals surface area contributed by atoms with Crippen LogP contribution in [0.5, 0.6) is 0 Å². The number of carbonyl (C=O) groups excluding carboxylic acids is 1. The lowest BCUT2D eigenvalue weighted by atomic mass is 10.2. The van der Waals surface area contributed by atoms with Gasteiger partial charge in [0.25, 0.3) is 5.91 Å². The summed E-state index contributed by atoms with van der Waals surface area (Å²) < 4.78 is 5.58. The highest BCUT2D eigenvalue weighted by Crippen LogP contribution is 2.26. The molecule has 1 amide bonds. The molecular formula is C9H15NO3. The number of hydrogen-bond acceptors (Lipinski definition) is 3. The summed E-state index contributed by atoms with van der Waals surface area (Å²) in [5.41, 5.74) is 0. The largest absolute Gasteiger partial charge is 0.384 e. The number of carbonyl (C=O) groups is 1. The standard InChI is InChI=1S/C9H15NO3/c1-6(11)9(12)10-4-7-2-3-8(5-10)13-7/h6-8,11H,2-5H2,1H3/t6-,7?,8?/m1/s1. The smallest absolute Gasteiger partial charge is 0.251 e. The van der Waals surface area contributed by atoms with Gasteiger partial charge in [-0.05, 0) is 19.8 Å². The highest BCUT2D eigenvalue weighted by atomic mass is 16.5. The van der Waals surface area contributed by atoms with E-state index in [1.165, 1.54) is 6.92 Å². The predicted octanol–water partition coefficient (Wildman–Crippen LogP) is -0.243. The van der Waals surface area contributed by atoms with Crippen molar-refractivity contribution >= 4 is 5.91 Å². The molecule has 0 spiro atoms. The molecule has 4 heteroatoms. The van der Waals surface area contributed by atoms with E-state index in [1.807, 2.05) is 0 Å². The number of morpholine rings is 1. The van der Waals surface area contributed by atoms with Gasteiger partial charge in [0, 0.05) is 13.1 Å². The van der Waals surface area contributed by atoms with Crippen LogP contribution in [0.25, 0.3) is 0 Å². The second-order valence-electron chi connectivity index (χ2n) is 3.88. The van der Waals surface area contributed by atoms with Crippen LogP contribution in [0.3, 0.4) is 0 Å². The van der Waals surface area contributed by atoms with Crippen LogP contribution in [0.15, 0.2) is 0 Å². The summed E-state index contributed by atoms with van der Waals surface area (Å²) in [5.74, 6) is -0.166. The Morgan fingerprint density at radius 3 is 2.46 bits per heavy atom. The Labute approximate surface area is 77.5 Å². The second kappa shape index (κ2) is 3.27. The Morgan fingerprint density at radius 1 is 1.46 bits per heavy atom. The van der Waals surface area contributed by atoms with Crippen molar-refractivity contribution in [2.45, 2.75) is 38.1 Å². The van der Waals surface area contributed by atoms with Gasteiger partial charge in [-0.1, -0.05) is 0 Å². The fourth-order valence-electron chi connectivity index (χ4n) is 2.06. The van der Waals surface area contributed by atoms with Crippen LogP contribution in [0.4, 0.5) is 0 Å². The van der Waals surface area contributed by atoms with Crippen molar-refractivity contribution in [1.82, 2.24) is 4.90 Å². The van der Waals surface area contributed by atoms with E-state index in [0.717, 1.165) is 12.8 Å². The van der Waals surface area contributed by atoms with Gasteiger partial charge in [-0.3, -0.25) is 4.79 Å². The third-order valence-corrected chi connectivity index (χ3v) is 2.71. The highest BCUT2D eigenvalue weighted by molar-refractivity contribution is 5.80. The summed E-state index contributed by atoms with van der Waals surface area (Å²) in [5, 5.41) is 9.13. The van der Waals surface area contributed by atoms with E-state index in [2.05, 4.69) is 0 Å². The van der Waals surface area contributed by atoms with Crippen molar-refractivity contribution in [2.75, 3.05) is 13.1 Å². The average molecular weight is 185 g/mol. The Balaban J connectivity index is 1.98. The summed E-state index contributed by atoms with van der Waals surface area (Å²) in [6.45, 7) is 2.82. The molecule has 2 heterocycles. The van der Waals surface area contributed by atoms with Gasteiger partial charge in [0.05, 0.1) is 12.2 Å². The molecule has 13 heavy (non-hydrogen) atoms. The van der Waals surface area contributed by atoms with Gasteiger partial charge in [-0.2, -0.15) is 0 Å². The molecule has 0 aromatic rings. The molecule has 0 aromatic heterocycles. The first-order chi connectivity index (χ1) is 6.16. The minimum Gasteiger partial charge on any atom is -0.384 e. The lowest BCUT2D eigenvalue weighted by Crippen LogP contribution is -2.48. The summed E-state index contributed by atoms with van der Waals surface area (Å²) in [4.78, 5) is 13.2. The van der Waals surface area contributed by atoms with Gasteiger partial charge < -0.3 is 14.7 Å². The first-order valence-corrected chi connectivity index (χ1v) is 4.79. The third kappa shape index (κ3) is 1.69. The average Bonchev–Trinajstić information content (AvgIpc) is 2.44. The molecule has 2 saturated heterocycles. The predicted molar refractivity (Wildman–Crippen MR) is 46.2 cm³/mol. The van der Waals surface area contributed by atoms with E-state index in [4.69, 9.17) is 9.84 Å². The minimum atomic E-state index is -0.877. The fourth-order valence-corrected chi connectivity index (χ4v) is 2.06. The molecular weight excluding hydrogens is 170 g/mol. The number of amides is 1. The number of fused-ring (bicyclic) bond motifs is 2. The fraction of sp³-hybridized carbons (Fsp3) is 0.889. The maximum absolute atomic E-state index is 11.4. The summed E-state index contributed by atoms with van der Waals surface area (Å²) in [7, 11) is 0. The number of likely N-dealkylation sites (tertiary alicyclic amines) is 1. The normalized spacial score (nSPS) is 34.8. The van der Waals surface area contributed by atoms with E-state index in [9.17, 15) is 4.79 Å². The minimum absolute atomic E-state index is 0.166. The molecule has 2 rings (SSSR count). The lowest BCUT2D eigenvalue weighted by Gasteiger charge is -2.32. The van der Waals surface area contributed by atoms with Gasteiger partial charge in [-0.25, -0.2) is 0 Å². The van der Waals surface area contributed by atoms with E-state index in [1.54, 1.807) is 4.90 Å². The van der Waals surface area contributed by atoms with Gasteiger partial charge in [-0.15, -0.1) is 0 Å². The van der Waals surface area contributed by atoms with E-state index in [0.29, 0.717) is 13.1 Å². The lowest BCUT2D eigenvalue weighted by molar-refractivity contribution is -0.147. The second-order valence-corrected chi connectivity index (χ2v) is 3.88. The first-order valence-electron chi connectivity index (χ1n) is 4.79. The summed E-state index contributed by atoms with van der Waals surface area (Å²) in [6, 6.07) is 0. The van der Waals surface area contributed by atoms with Gasteiger partial charge in [0.1, 0.15) is 6.10 Å². The van der Waals surface area contributed by atoms with Crippen LogP contribution in [0.2, 0.25) is 0 Å². The van der Waals surface area contributed by atoms with Crippen LogP contribution >= 0.6 is 0 Å². The SMILES string of the molecule is C[C@@H](O)C(=O)N1CC2CCC(C1)O2. The topological polar surface area (TPSA) is 49.8 Å². The summed E-state index contributed by atoms with van der Waals surface area (Å²) >= 11 is 0. The Morgan fingerprint density at radius 2 is 2.00 bits per heavy atom. The zero-order chi connectivity index (χ0) is 9.42. The van der Waals surface area contributed by atoms with E-state index >= 15 is 0 Å². The van der Waals surface area contributed by atoms with E-state index < -0.39 is 6.10 Å². The van der Waals surface area contributed by atoms with Crippen LogP contribution < -0.4 is 0 Å². The van der Waals surface area contributed by atoms with Crippen molar-refractivity contribution in [3.8, 4) is 0 Å². The Bertz CT molecular complexity index is 205. The van der Waals surface area contributed by atoms with Crippen molar-refractivity contribution in [3.63, 3.8) is 0 Å². The van der Waals surface area contributed by atoms with Gasteiger partial charge in [0.15, 0.2) is 0 Å². The number of aliphatic hydroxyl groups is 1. The Hall–Kier alpha value is -0.610.